The van der Waals surface area contributed by atoms with Crippen molar-refractivity contribution in [3.8, 4) is 0 Å². The van der Waals surface area contributed by atoms with Gasteiger partial charge < -0.3 is 10.1 Å². The van der Waals surface area contributed by atoms with E-state index in [1.54, 1.807) is 13.8 Å². The van der Waals surface area contributed by atoms with E-state index < -0.39 is 5.25 Å². The zero-order valence-corrected chi connectivity index (χ0v) is 14.5. The van der Waals surface area contributed by atoms with Crippen LogP contribution in [0.4, 0.5) is 5.69 Å². The number of esters is 1. The summed E-state index contributed by atoms with van der Waals surface area (Å²) in [5, 5.41) is 3.10. The highest BCUT2D eigenvalue weighted by molar-refractivity contribution is 8.01. The summed E-state index contributed by atoms with van der Waals surface area (Å²) < 4.78 is 4.79. The minimum atomic E-state index is -0.445. The van der Waals surface area contributed by atoms with Gasteiger partial charge in [-0.2, -0.15) is 0 Å². The number of carbonyl (C=O) groups is 2. The second-order valence-corrected chi connectivity index (χ2v) is 6.54. The van der Waals surface area contributed by atoms with Crippen LogP contribution < -0.4 is 5.32 Å². The van der Waals surface area contributed by atoms with Crippen molar-refractivity contribution < 1.29 is 14.3 Å². The fraction of sp³-hybridized carbons (Fsp3) is 0.385. The number of anilines is 1. The molecule has 4 nitrogen and oxygen atoms in total. The van der Waals surface area contributed by atoms with Crippen molar-refractivity contribution in [2.45, 2.75) is 19.1 Å². The van der Waals surface area contributed by atoms with Gasteiger partial charge in [-0.3, -0.25) is 9.59 Å². The van der Waals surface area contributed by atoms with Crippen molar-refractivity contribution in [1.29, 1.82) is 0 Å². The minimum absolute atomic E-state index is 0.109. The van der Waals surface area contributed by atoms with Crippen LogP contribution in [0.2, 0.25) is 15.1 Å². The Balaban J connectivity index is 2.60. The van der Waals surface area contributed by atoms with Crippen molar-refractivity contribution >= 4 is 64.1 Å². The van der Waals surface area contributed by atoms with Gasteiger partial charge in [0, 0.05) is 0 Å². The van der Waals surface area contributed by atoms with E-state index >= 15 is 0 Å². The average Bonchev–Trinajstić information content (AvgIpc) is 2.42. The zero-order chi connectivity index (χ0) is 16.0. The minimum Gasteiger partial charge on any atom is -0.465 e. The van der Waals surface area contributed by atoms with Crippen molar-refractivity contribution in [2.75, 3.05) is 17.7 Å². The number of amides is 1. The molecule has 0 saturated carbocycles. The fourth-order valence-electron chi connectivity index (χ4n) is 1.32. The van der Waals surface area contributed by atoms with E-state index in [-0.39, 0.29) is 17.6 Å². The van der Waals surface area contributed by atoms with Crippen LogP contribution in [-0.2, 0) is 14.3 Å². The predicted octanol–water partition coefficient (Wildman–Crippen LogP) is 4.27. The molecule has 116 valence electrons. The van der Waals surface area contributed by atoms with Gasteiger partial charge in [0.05, 0.1) is 38.4 Å². The summed E-state index contributed by atoms with van der Waals surface area (Å²) in [5.74, 6) is -0.531. The highest BCUT2D eigenvalue weighted by atomic mass is 35.5. The summed E-state index contributed by atoms with van der Waals surface area (Å²) in [6.45, 7) is 3.73. The molecule has 0 saturated heterocycles. The smallest absolute Gasteiger partial charge is 0.315 e. The maximum absolute atomic E-state index is 12.0. The third-order valence-corrected chi connectivity index (χ3v) is 4.54. The molecule has 0 bridgehead atoms. The first-order chi connectivity index (χ1) is 9.85. The Morgan fingerprint density at radius 1 is 1.24 bits per heavy atom. The van der Waals surface area contributed by atoms with Gasteiger partial charge in [-0.25, -0.2) is 0 Å². The topological polar surface area (TPSA) is 55.4 Å². The number of ether oxygens (including phenoxy) is 1. The first-order valence-electron chi connectivity index (χ1n) is 6.07. The van der Waals surface area contributed by atoms with Gasteiger partial charge in [0.25, 0.3) is 0 Å². The lowest BCUT2D eigenvalue weighted by molar-refractivity contribution is -0.139. The molecule has 0 aliphatic carbocycles. The Morgan fingerprint density at radius 2 is 1.86 bits per heavy atom. The summed E-state index contributed by atoms with van der Waals surface area (Å²) in [5.41, 5.74) is 0.375. The van der Waals surface area contributed by atoms with Crippen LogP contribution in [-0.4, -0.2) is 29.5 Å². The van der Waals surface area contributed by atoms with Gasteiger partial charge in [-0.15, -0.1) is 11.8 Å². The maximum atomic E-state index is 12.0. The molecule has 0 heterocycles. The Morgan fingerprint density at radius 3 is 2.48 bits per heavy atom. The first kappa shape index (κ1) is 18.4. The SMILES string of the molecule is CCOC(=O)CSC(C)C(=O)Nc1cc(Cl)c(Cl)cc1Cl. The quantitative estimate of drug-likeness (QED) is 0.600. The van der Waals surface area contributed by atoms with E-state index in [2.05, 4.69) is 5.32 Å². The third-order valence-electron chi connectivity index (χ3n) is 2.39. The van der Waals surface area contributed by atoms with Crippen molar-refractivity contribution in [2.24, 2.45) is 0 Å². The third kappa shape index (κ3) is 5.94. The highest BCUT2D eigenvalue weighted by Gasteiger charge is 2.17. The van der Waals surface area contributed by atoms with Gasteiger partial charge in [0.2, 0.25) is 5.91 Å². The molecule has 0 aliphatic rings. The Bertz CT molecular complexity index is 540. The van der Waals surface area contributed by atoms with E-state index in [1.807, 2.05) is 0 Å². The lowest BCUT2D eigenvalue weighted by Gasteiger charge is -2.13. The lowest BCUT2D eigenvalue weighted by Crippen LogP contribution is -2.24. The molecule has 0 fully saturated rings. The number of halogens is 3. The van der Waals surface area contributed by atoms with E-state index in [0.717, 1.165) is 0 Å². The number of hydrogen-bond donors (Lipinski definition) is 1. The number of thioether (sulfide) groups is 1. The molecule has 8 heteroatoms. The molecule has 1 aromatic carbocycles. The number of hydrogen-bond acceptors (Lipinski definition) is 4. The second kappa shape index (κ2) is 8.73. The molecule has 1 rings (SSSR count). The van der Waals surface area contributed by atoms with E-state index in [0.29, 0.717) is 27.4 Å². The van der Waals surface area contributed by atoms with Crippen molar-refractivity contribution in [3.63, 3.8) is 0 Å². The van der Waals surface area contributed by atoms with Gasteiger partial charge in [0.15, 0.2) is 0 Å². The van der Waals surface area contributed by atoms with Crippen LogP contribution in [0.5, 0.6) is 0 Å². The van der Waals surface area contributed by atoms with Crippen LogP contribution >= 0.6 is 46.6 Å². The average molecular weight is 371 g/mol. The molecule has 1 atom stereocenters. The highest BCUT2D eigenvalue weighted by Crippen LogP contribution is 2.32. The molecule has 1 unspecified atom stereocenters. The van der Waals surface area contributed by atoms with Crippen molar-refractivity contribution in [3.05, 3.63) is 27.2 Å². The summed E-state index contributed by atoms with van der Waals surface area (Å²) >= 11 is 18.8. The monoisotopic (exact) mass is 369 g/mol. The van der Waals surface area contributed by atoms with E-state index in [4.69, 9.17) is 39.5 Å². The van der Waals surface area contributed by atoms with Crippen LogP contribution in [0.3, 0.4) is 0 Å². The molecule has 1 amide bonds. The summed E-state index contributed by atoms with van der Waals surface area (Å²) in [7, 11) is 0. The molecule has 21 heavy (non-hydrogen) atoms. The fourth-order valence-corrected chi connectivity index (χ4v) is 2.60. The van der Waals surface area contributed by atoms with Gasteiger partial charge >= 0.3 is 5.97 Å². The Kier molecular flexibility index (Phi) is 7.66. The zero-order valence-electron chi connectivity index (χ0n) is 11.4. The van der Waals surface area contributed by atoms with Crippen molar-refractivity contribution in [1.82, 2.24) is 0 Å². The molecular formula is C13H14Cl3NO3S. The largest absolute Gasteiger partial charge is 0.465 e. The summed E-state index contributed by atoms with van der Waals surface area (Å²) in [6, 6.07) is 2.93. The van der Waals surface area contributed by atoms with E-state index in [1.165, 1.54) is 23.9 Å². The molecule has 0 aliphatic heterocycles. The maximum Gasteiger partial charge on any atom is 0.315 e. The molecule has 1 N–H and O–H groups in total. The number of rotatable bonds is 6. The Labute approximate surface area is 142 Å². The molecule has 1 aromatic rings. The first-order valence-corrected chi connectivity index (χ1v) is 8.26. The standard InChI is InChI=1S/C13H14Cl3NO3S/c1-3-20-12(18)6-21-7(2)13(19)17-11-5-9(15)8(14)4-10(11)16/h4-5,7H,3,6H2,1-2H3,(H,17,19). The molecule has 0 radical (unpaired) electrons. The summed E-state index contributed by atoms with van der Waals surface area (Å²) in [6.07, 6.45) is 0. The van der Waals surface area contributed by atoms with Gasteiger partial charge in [-0.1, -0.05) is 34.8 Å². The lowest BCUT2D eigenvalue weighted by atomic mass is 10.3. The van der Waals surface area contributed by atoms with Crippen LogP contribution in [0.15, 0.2) is 12.1 Å². The van der Waals surface area contributed by atoms with E-state index in [9.17, 15) is 9.59 Å². The molecule has 0 spiro atoms. The molecular weight excluding hydrogens is 357 g/mol. The molecule has 0 aromatic heterocycles. The van der Waals surface area contributed by atoms with Crippen LogP contribution in [0, 0.1) is 0 Å². The number of nitrogens with one attached hydrogen (secondary N) is 1. The number of carbonyl (C=O) groups excluding carboxylic acids is 2. The number of benzene rings is 1. The van der Waals surface area contributed by atoms with Gasteiger partial charge in [0.1, 0.15) is 0 Å². The predicted molar refractivity (Wildman–Crippen MR) is 88.7 cm³/mol. The van der Waals surface area contributed by atoms with Crippen LogP contribution in [0.1, 0.15) is 13.8 Å². The van der Waals surface area contributed by atoms with Gasteiger partial charge in [-0.05, 0) is 26.0 Å². The normalized spacial score (nSPS) is 11.9. The van der Waals surface area contributed by atoms with Crippen LogP contribution in [0.25, 0.3) is 0 Å². The Hall–Kier alpha value is -0.620. The second-order valence-electron chi connectivity index (χ2n) is 3.99. The summed E-state index contributed by atoms with van der Waals surface area (Å²) in [4.78, 5) is 23.2.